The van der Waals surface area contributed by atoms with Crippen LogP contribution in [0, 0.1) is 0 Å². The average Bonchev–Trinajstić information content (AvgIpc) is 2.63. The Hall–Kier alpha value is -1.30. The number of aliphatic hydroxyl groups is 1. The molecule has 1 saturated carbocycles. The topological polar surface area (TPSA) is 62.0 Å². The van der Waals surface area contributed by atoms with Crippen molar-refractivity contribution in [2.75, 3.05) is 37.6 Å². The molecule has 0 amide bonds. The standard InChI is InChI=1S/C21H33N3O2/c22-16-21(25)10-14-24(15-11-21)18-4-6-19(7-5-18)26-20-8-12-23(13-9-20)17-2-1-3-17/h4-7,17,20,25H,1-3,8-16,22H2. The van der Waals surface area contributed by atoms with E-state index in [1.54, 1.807) is 0 Å². The van der Waals surface area contributed by atoms with E-state index < -0.39 is 5.60 Å². The highest BCUT2D eigenvalue weighted by atomic mass is 16.5. The molecular formula is C21H33N3O2. The zero-order chi connectivity index (χ0) is 18.0. The molecule has 4 rings (SSSR count). The van der Waals surface area contributed by atoms with Crippen LogP contribution in [0.5, 0.6) is 5.75 Å². The molecule has 2 saturated heterocycles. The minimum atomic E-state index is -0.673. The summed E-state index contributed by atoms with van der Waals surface area (Å²) in [5, 5.41) is 10.3. The predicted octanol–water partition coefficient (Wildman–Crippen LogP) is 2.37. The van der Waals surface area contributed by atoms with Gasteiger partial charge in [0.05, 0.1) is 5.60 Å². The quantitative estimate of drug-likeness (QED) is 0.845. The monoisotopic (exact) mass is 359 g/mol. The lowest BCUT2D eigenvalue weighted by atomic mass is 9.90. The second-order valence-electron chi connectivity index (χ2n) is 8.35. The molecule has 144 valence electrons. The van der Waals surface area contributed by atoms with Crippen molar-refractivity contribution >= 4 is 5.69 Å². The van der Waals surface area contributed by atoms with Gasteiger partial charge < -0.3 is 25.4 Å². The molecule has 0 radical (unpaired) electrons. The van der Waals surface area contributed by atoms with E-state index in [0.29, 0.717) is 12.6 Å². The van der Waals surface area contributed by atoms with Gasteiger partial charge in [0.2, 0.25) is 0 Å². The van der Waals surface area contributed by atoms with E-state index in [9.17, 15) is 5.11 Å². The summed E-state index contributed by atoms with van der Waals surface area (Å²) in [5.74, 6) is 0.978. The molecule has 2 aliphatic heterocycles. The minimum absolute atomic E-state index is 0.353. The molecule has 0 aromatic heterocycles. The maximum Gasteiger partial charge on any atom is 0.119 e. The molecule has 0 atom stereocenters. The van der Waals surface area contributed by atoms with Crippen LogP contribution in [0.4, 0.5) is 5.69 Å². The van der Waals surface area contributed by atoms with Crippen LogP contribution in [0.25, 0.3) is 0 Å². The largest absolute Gasteiger partial charge is 0.490 e. The summed E-state index contributed by atoms with van der Waals surface area (Å²) in [6, 6.07) is 9.34. The van der Waals surface area contributed by atoms with Crippen molar-refractivity contribution < 1.29 is 9.84 Å². The van der Waals surface area contributed by atoms with Gasteiger partial charge in [-0.25, -0.2) is 0 Å². The Bertz CT molecular complexity index is 571. The summed E-state index contributed by atoms with van der Waals surface area (Å²) in [6.07, 6.45) is 8.31. The number of likely N-dealkylation sites (tertiary alicyclic amines) is 1. The van der Waals surface area contributed by atoms with Crippen molar-refractivity contribution in [3.05, 3.63) is 24.3 Å². The van der Waals surface area contributed by atoms with Crippen molar-refractivity contribution in [3.8, 4) is 5.75 Å². The third-order valence-corrected chi connectivity index (χ3v) is 6.65. The molecule has 5 heteroatoms. The Balaban J connectivity index is 1.26. The van der Waals surface area contributed by atoms with Crippen LogP contribution in [-0.2, 0) is 0 Å². The van der Waals surface area contributed by atoms with Gasteiger partial charge in [-0.2, -0.15) is 0 Å². The number of hydrogen-bond donors (Lipinski definition) is 2. The van der Waals surface area contributed by atoms with E-state index >= 15 is 0 Å². The average molecular weight is 360 g/mol. The van der Waals surface area contributed by atoms with Crippen LogP contribution in [0.1, 0.15) is 44.9 Å². The fraction of sp³-hybridized carbons (Fsp3) is 0.714. The number of nitrogens with zero attached hydrogens (tertiary/aromatic N) is 2. The zero-order valence-corrected chi connectivity index (χ0v) is 15.8. The molecule has 3 fully saturated rings. The van der Waals surface area contributed by atoms with Crippen LogP contribution in [-0.4, -0.2) is 60.5 Å². The van der Waals surface area contributed by atoms with Gasteiger partial charge in [0.1, 0.15) is 11.9 Å². The van der Waals surface area contributed by atoms with Crippen molar-refractivity contribution in [2.45, 2.75) is 62.7 Å². The van der Waals surface area contributed by atoms with Gasteiger partial charge in [-0.15, -0.1) is 0 Å². The van der Waals surface area contributed by atoms with Crippen molar-refractivity contribution in [2.24, 2.45) is 5.73 Å². The third-order valence-electron chi connectivity index (χ3n) is 6.65. The van der Waals surface area contributed by atoms with Gasteiger partial charge in [-0.3, -0.25) is 0 Å². The molecule has 1 aromatic carbocycles. The lowest BCUT2D eigenvalue weighted by molar-refractivity contribution is 0.0250. The highest BCUT2D eigenvalue weighted by Crippen LogP contribution is 2.30. The Morgan fingerprint density at radius 3 is 2.19 bits per heavy atom. The molecule has 0 unspecified atom stereocenters. The predicted molar refractivity (Wildman–Crippen MR) is 105 cm³/mol. The van der Waals surface area contributed by atoms with Crippen molar-refractivity contribution in [3.63, 3.8) is 0 Å². The lowest BCUT2D eigenvalue weighted by Crippen LogP contribution is -2.48. The van der Waals surface area contributed by atoms with Gasteiger partial charge in [-0.05, 0) is 62.8 Å². The first-order valence-electron chi connectivity index (χ1n) is 10.3. The van der Waals surface area contributed by atoms with Crippen LogP contribution >= 0.6 is 0 Å². The van der Waals surface area contributed by atoms with E-state index in [2.05, 4.69) is 34.1 Å². The summed E-state index contributed by atoms with van der Waals surface area (Å²) in [5.41, 5.74) is 6.21. The van der Waals surface area contributed by atoms with Crippen LogP contribution in [0.2, 0.25) is 0 Å². The van der Waals surface area contributed by atoms with E-state index in [-0.39, 0.29) is 0 Å². The van der Waals surface area contributed by atoms with Gasteiger partial charge in [0.25, 0.3) is 0 Å². The first-order chi connectivity index (χ1) is 12.6. The molecule has 5 nitrogen and oxygen atoms in total. The van der Waals surface area contributed by atoms with E-state index in [1.165, 1.54) is 38.0 Å². The van der Waals surface area contributed by atoms with Gasteiger partial charge in [0, 0.05) is 44.5 Å². The molecule has 0 bridgehead atoms. The highest BCUT2D eigenvalue weighted by Gasteiger charge is 2.31. The summed E-state index contributed by atoms with van der Waals surface area (Å²) in [4.78, 5) is 4.98. The maximum absolute atomic E-state index is 10.3. The molecule has 1 aromatic rings. The van der Waals surface area contributed by atoms with E-state index in [1.807, 2.05) is 0 Å². The fourth-order valence-electron chi connectivity index (χ4n) is 4.42. The number of rotatable bonds is 5. The Kier molecular flexibility index (Phi) is 5.39. The molecule has 26 heavy (non-hydrogen) atoms. The zero-order valence-electron chi connectivity index (χ0n) is 15.8. The fourth-order valence-corrected chi connectivity index (χ4v) is 4.42. The molecule has 3 N–H and O–H groups in total. The molecule has 1 aliphatic carbocycles. The maximum atomic E-state index is 10.3. The van der Waals surface area contributed by atoms with Crippen molar-refractivity contribution in [1.82, 2.24) is 4.90 Å². The van der Waals surface area contributed by atoms with Crippen LogP contribution < -0.4 is 15.4 Å². The number of anilines is 1. The first-order valence-corrected chi connectivity index (χ1v) is 10.3. The van der Waals surface area contributed by atoms with E-state index in [0.717, 1.165) is 50.6 Å². The van der Waals surface area contributed by atoms with Crippen molar-refractivity contribution in [1.29, 1.82) is 0 Å². The minimum Gasteiger partial charge on any atom is -0.490 e. The number of benzene rings is 1. The highest BCUT2D eigenvalue weighted by molar-refractivity contribution is 5.49. The lowest BCUT2D eigenvalue weighted by Gasteiger charge is -2.41. The summed E-state index contributed by atoms with van der Waals surface area (Å²) in [7, 11) is 0. The molecule has 0 spiro atoms. The normalized spacial score (nSPS) is 25.1. The van der Waals surface area contributed by atoms with Crippen LogP contribution in [0.3, 0.4) is 0 Å². The van der Waals surface area contributed by atoms with E-state index in [4.69, 9.17) is 10.5 Å². The number of ether oxygens (including phenoxy) is 1. The number of nitrogens with two attached hydrogens (primary N) is 1. The molecule has 3 aliphatic rings. The number of hydrogen-bond acceptors (Lipinski definition) is 5. The Morgan fingerprint density at radius 2 is 1.65 bits per heavy atom. The summed E-state index contributed by atoms with van der Waals surface area (Å²) >= 11 is 0. The van der Waals surface area contributed by atoms with Gasteiger partial charge >= 0.3 is 0 Å². The van der Waals surface area contributed by atoms with Gasteiger partial charge in [0.15, 0.2) is 0 Å². The Labute approximate surface area is 157 Å². The third kappa shape index (κ3) is 4.00. The number of piperidine rings is 2. The summed E-state index contributed by atoms with van der Waals surface area (Å²) in [6.45, 7) is 4.44. The van der Waals surface area contributed by atoms with Gasteiger partial charge in [-0.1, -0.05) is 6.42 Å². The first kappa shape index (κ1) is 18.1. The second kappa shape index (κ2) is 7.75. The Morgan fingerprint density at radius 1 is 1.00 bits per heavy atom. The summed E-state index contributed by atoms with van der Waals surface area (Å²) < 4.78 is 6.23. The second-order valence-corrected chi connectivity index (χ2v) is 8.35. The van der Waals surface area contributed by atoms with Crippen LogP contribution in [0.15, 0.2) is 24.3 Å². The molecule has 2 heterocycles. The smallest absolute Gasteiger partial charge is 0.119 e. The molecular weight excluding hydrogens is 326 g/mol. The SMILES string of the molecule is NCC1(O)CCN(c2ccc(OC3CCN(C4CCC4)CC3)cc2)CC1.